The molecule has 1 aromatic carbocycles. The van der Waals surface area contributed by atoms with Crippen molar-refractivity contribution in [3.05, 3.63) is 48.0 Å². The molecule has 0 heterocycles. The van der Waals surface area contributed by atoms with Gasteiger partial charge in [-0.2, -0.15) is 8.78 Å². The summed E-state index contributed by atoms with van der Waals surface area (Å²) in [5.41, 5.74) is -4.49. The van der Waals surface area contributed by atoms with Crippen molar-refractivity contribution in [3.8, 4) is 0 Å². The van der Waals surface area contributed by atoms with E-state index in [0.29, 0.717) is 0 Å². The molecule has 0 aliphatic heterocycles. The molecule has 5 nitrogen and oxygen atoms in total. The van der Waals surface area contributed by atoms with Gasteiger partial charge < -0.3 is 13.8 Å². The van der Waals surface area contributed by atoms with E-state index in [2.05, 4.69) is 11.3 Å². The lowest BCUT2D eigenvalue weighted by Gasteiger charge is -2.32. The van der Waals surface area contributed by atoms with Crippen molar-refractivity contribution in [1.29, 1.82) is 0 Å². The van der Waals surface area contributed by atoms with Crippen molar-refractivity contribution < 1.29 is 31.9 Å². The van der Waals surface area contributed by atoms with Gasteiger partial charge in [-0.1, -0.05) is 36.9 Å². The fourth-order valence-corrected chi connectivity index (χ4v) is 3.93. The van der Waals surface area contributed by atoms with Crippen LogP contribution in [-0.2, 0) is 23.1 Å². The van der Waals surface area contributed by atoms with Gasteiger partial charge in [-0.25, -0.2) is 4.79 Å². The summed E-state index contributed by atoms with van der Waals surface area (Å²) in [5.74, 6) is -2.93. The van der Waals surface area contributed by atoms with Crippen LogP contribution in [0, 0.1) is 0 Å². The number of carbonyl (C=O) groups excluding carboxylic acids is 1. The minimum absolute atomic E-state index is 0.0533. The number of methoxy groups -OCH3 is 1. The molecule has 0 spiro atoms. The standard InChI is InChI=1S/C16H21F2O5P/c1-5-22-24(20,23-6-2)16(17,18)14(12(3)15(19)21-4)13-10-8-7-9-11-13/h7-11,14H,3,5-6H2,1-2,4H3/t14-/m1/s1. The monoisotopic (exact) mass is 362 g/mol. The minimum Gasteiger partial charge on any atom is -0.466 e. The zero-order chi connectivity index (χ0) is 18.4. The summed E-state index contributed by atoms with van der Waals surface area (Å²) in [5, 5.41) is 0. The van der Waals surface area contributed by atoms with Crippen LogP contribution in [0.3, 0.4) is 0 Å². The average Bonchev–Trinajstić information content (AvgIpc) is 2.55. The Balaban J connectivity index is 3.48. The third-order valence-electron chi connectivity index (χ3n) is 3.24. The summed E-state index contributed by atoms with van der Waals surface area (Å²) in [7, 11) is -3.80. The number of benzene rings is 1. The van der Waals surface area contributed by atoms with Crippen molar-refractivity contribution in [3.63, 3.8) is 0 Å². The lowest BCUT2D eigenvalue weighted by Crippen LogP contribution is -2.32. The predicted molar refractivity (Wildman–Crippen MR) is 86.1 cm³/mol. The van der Waals surface area contributed by atoms with Crippen LogP contribution in [0.4, 0.5) is 8.78 Å². The maximum atomic E-state index is 15.2. The molecule has 8 heteroatoms. The highest BCUT2D eigenvalue weighted by Crippen LogP contribution is 2.67. The average molecular weight is 362 g/mol. The Morgan fingerprint density at radius 2 is 1.71 bits per heavy atom. The Labute approximate surface area is 140 Å². The van der Waals surface area contributed by atoms with E-state index in [9.17, 15) is 9.36 Å². The largest absolute Gasteiger partial charge is 0.466 e. The van der Waals surface area contributed by atoms with E-state index in [1.807, 2.05) is 0 Å². The number of halogens is 2. The molecule has 0 fully saturated rings. The lowest BCUT2D eigenvalue weighted by atomic mass is 9.92. The van der Waals surface area contributed by atoms with Crippen molar-refractivity contribution in [2.24, 2.45) is 0 Å². The van der Waals surface area contributed by atoms with E-state index in [-0.39, 0.29) is 18.8 Å². The van der Waals surface area contributed by atoms with Gasteiger partial charge in [-0.15, -0.1) is 0 Å². The molecule has 0 saturated carbocycles. The van der Waals surface area contributed by atoms with Gasteiger partial charge in [0.05, 0.1) is 26.2 Å². The van der Waals surface area contributed by atoms with E-state index < -0.39 is 30.7 Å². The van der Waals surface area contributed by atoms with E-state index in [1.54, 1.807) is 6.07 Å². The number of hydrogen-bond acceptors (Lipinski definition) is 5. The van der Waals surface area contributed by atoms with Crippen LogP contribution in [0.1, 0.15) is 25.3 Å². The predicted octanol–water partition coefficient (Wildman–Crippen LogP) is 4.36. The van der Waals surface area contributed by atoms with Crippen molar-refractivity contribution in [1.82, 2.24) is 0 Å². The van der Waals surface area contributed by atoms with Crippen LogP contribution in [0.25, 0.3) is 0 Å². The first-order valence-corrected chi connectivity index (χ1v) is 8.88. The first-order chi connectivity index (χ1) is 11.2. The summed E-state index contributed by atoms with van der Waals surface area (Å²) in [6, 6.07) is 7.44. The van der Waals surface area contributed by atoms with Crippen LogP contribution in [-0.4, -0.2) is 32.0 Å². The molecular formula is C16H21F2O5P. The molecule has 0 aliphatic rings. The molecule has 24 heavy (non-hydrogen) atoms. The highest BCUT2D eigenvalue weighted by atomic mass is 31.2. The third kappa shape index (κ3) is 4.09. The molecule has 0 bridgehead atoms. The molecular weight excluding hydrogens is 341 g/mol. The quantitative estimate of drug-likeness (QED) is 0.371. The molecule has 0 aromatic heterocycles. The van der Waals surface area contributed by atoms with Gasteiger partial charge in [0.1, 0.15) is 0 Å². The highest BCUT2D eigenvalue weighted by molar-refractivity contribution is 7.55. The number of alkyl halides is 2. The molecule has 0 unspecified atom stereocenters. The van der Waals surface area contributed by atoms with Crippen molar-refractivity contribution in [2.75, 3.05) is 20.3 Å². The molecule has 0 saturated heterocycles. The molecule has 134 valence electrons. The SMILES string of the molecule is C=C(C(=O)OC)[C@H](c1ccccc1)C(F)(F)P(=O)(OCC)OCC. The zero-order valence-corrected chi connectivity index (χ0v) is 14.7. The smallest absolute Gasteiger partial charge is 0.400 e. The van der Waals surface area contributed by atoms with Gasteiger partial charge in [-0.05, 0) is 19.4 Å². The Morgan fingerprint density at radius 3 is 2.12 bits per heavy atom. The Kier molecular flexibility index (Phi) is 7.27. The second-order valence-electron chi connectivity index (χ2n) is 4.78. The number of hydrogen-bond donors (Lipinski definition) is 0. The zero-order valence-electron chi connectivity index (χ0n) is 13.8. The highest BCUT2D eigenvalue weighted by Gasteiger charge is 2.60. The normalized spacial score (nSPS) is 13.4. The maximum Gasteiger partial charge on any atom is 0.400 e. The van der Waals surface area contributed by atoms with Crippen molar-refractivity contribution in [2.45, 2.75) is 25.4 Å². The van der Waals surface area contributed by atoms with Gasteiger partial charge in [0.2, 0.25) is 0 Å². The van der Waals surface area contributed by atoms with Gasteiger partial charge >= 0.3 is 19.2 Å². The number of rotatable bonds is 9. The van der Waals surface area contributed by atoms with Gasteiger partial charge in [0.15, 0.2) is 0 Å². The van der Waals surface area contributed by atoms with Crippen LogP contribution in [0.5, 0.6) is 0 Å². The second kappa shape index (κ2) is 8.51. The van der Waals surface area contributed by atoms with Gasteiger partial charge in [0, 0.05) is 5.57 Å². The molecule has 0 radical (unpaired) electrons. The molecule has 1 aromatic rings. The summed E-state index contributed by atoms with van der Waals surface area (Å²) in [6.07, 6.45) is 0. The summed E-state index contributed by atoms with van der Waals surface area (Å²) in [6.45, 7) is 5.79. The van der Waals surface area contributed by atoms with Crippen LogP contribution < -0.4 is 0 Å². The van der Waals surface area contributed by atoms with Crippen molar-refractivity contribution >= 4 is 13.6 Å². The summed E-state index contributed by atoms with van der Waals surface area (Å²) >= 11 is 0. The topological polar surface area (TPSA) is 61.8 Å². The van der Waals surface area contributed by atoms with Crippen LogP contribution in [0.15, 0.2) is 42.5 Å². The molecule has 1 atom stereocenters. The van der Waals surface area contributed by atoms with E-state index >= 15 is 8.78 Å². The maximum absolute atomic E-state index is 15.2. The fraction of sp³-hybridized carbons (Fsp3) is 0.438. The Hall–Kier alpha value is -1.56. The second-order valence-corrected chi connectivity index (χ2v) is 6.89. The van der Waals surface area contributed by atoms with Gasteiger partial charge in [0.25, 0.3) is 0 Å². The van der Waals surface area contributed by atoms with Crippen LogP contribution in [0.2, 0.25) is 0 Å². The minimum atomic E-state index is -4.85. The molecule has 1 rings (SSSR count). The van der Waals surface area contributed by atoms with E-state index in [0.717, 1.165) is 7.11 Å². The number of esters is 1. The lowest BCUT2D eigenvalue weighted by molar-refractivity contribution is -0.137. The third-order valence-corrected chi connectivity index (χ3v) is 5.42. The first kappa shape index (κ1) is 20.5. The molecule has 0 N–H and O–H groups in total. The van der Waals surface area contributed by atoms with Crippen LogP contribution >= 0.6 is 7.60 Å². The van der Waals surface area contributed by atoms with E-state index in [4.69, 9.17) is 9.05 Å². The van der Waals surface area contributed by atoms with Gasteiger partial charge in [-0.3, -0.25) is 4.57 Å². The number of ether oxygens (including phenoxy) is 1. The Morgan fingerprint density at radius 1 is 1.21 bits per heavy atom. The fourth-order valence-electron chi connectivity index (χ4n) is 2.21. The number of carbonyl (C=O) groups is 1. The summed E-state index contributed by atoms with van der Waals surface area (Å²) in [4.78, 5) is 11.8. The molecule has 0 aliphatic carbocycles. The summed E-state index contributed by atoms with van der Waals surface area (Å²) < 4.78 is 57.1. The first-order valence-electron chi connectivity index (χ1n) is 7.34. The van der Waals surface area contributed by atoms with E-state index in [1.165, 1.54) is 38.1 Å². The Bertz CT molecular complexity index is 608. The molecule has 0 amide bonds.